The fraction of sp³-hybridized carbons (Fsp3) is 0.615. The first-order chi connectivity index (χ1) is 8.63. The van der Waals surface area contributed by atoms with E-state index in [0.29, 0.717) is 5.82 Å². The number of methoxy groups -OCH3 is 1. The Kier molecular flexibility index (Phi) is 6.11. The lowest BCUT2D eigenvalue weighted by molar-refractivity contribution is 0.0593. The van der Waals surface area contributed by atoms with E-state index in [1.807, 2.05) is 0 Å². The van der Waals surface area contributed by atoms with Crippen molar-refractivity contribution in [1.29, 1.82) is 0 Å². The van der Waals surface area contributed by atoms with Crippen molar-refractivity contribution < 1.29 is 9.53 Å². The van der Waals surface area contributed by atoms with Gasteiger partial charge in [-0.15, -0.1) is 10.2 Å². The molecule has 0 aromatic carbocycles. The molecule has 1 aromatic rings. The number of carbonyl (C=O) groups is 1. The fourth-order valence-corrected chi connectivity index (χ4v) is 1.53. The van der Waals surface area contributed by atoms with Gasteiger partial charge in [-0.3, -0.25) is 0 Å². The Morgan fingerprint density at radius 3 is 2.67 bits per heavy atom. The number of hydrogen-bond acceptors (Lipinski definition) is 5. The Hall–Kier alpha value is -1.65. The molecule has 0 aliphatic carbocycles. The highest BCUT2D eigenvalue weighted by molar-refractivity contribution is 5.86. The molecule has 18 heavy (non-hydrogen) atoms. The van der Waals surface area contributed by atoms with E-state index >= 15 is 0 Å². The molecule has 1 rings (SSSR count). The molecule has 100 valence electrons. The van der Waals surface area contributed by atoms with Crippen molar-refractivity contribution in [3.63, 3.8) is 0 Å². The summed E-state index contributed by atoms with van der Waals surface area (Å²) in [6.07, 6.45) is 3.56. The van der Waals surface area contributed by atoms with Crippen LogP contribution in [-0.4, -0.2) is 29.8 Å². The number of nitrogens with zero attached hydrogens (tertiary/aromatic N) is 2. The van der Waals surface area contributed by atoms with E-state index in [1.165, 1.54) is 20.0 Å². The van der Waals surface area contributed by atoms with Crippen molar-refractivity contribution in [1.82, 2.24) is 10.2 Å². The van der Waals surface area contributed by atoms with Crippen molar-refractivity contribution >= 4 is 11.8 Å². The number of rotatable bonds is 7. The summed E-state index contributed by atoms with van der Waals surface area (Å²) in [6.45, 7) is 5.33. The Morgan fingerprint density at radius 2 is 2.11 bits per heavy atom. The number of nitrogens with one attached hydrogen (secondary N) is 1. The zero-order valence-electron chi connectivity index (χ0n) is 11.3. The molecule has 1 N–H and O–H groups in total. The van der Waals surface area contributed by atoms with Crippen LogP contribution < -0.4 is 5.32 Å². The lowest BCUT2D eigenvalue weighted by atomic mass is 10.1. The van der Waals surface area contributed by atoms with E-state index in [2.05, 4.69) is 34.1 Å². The summed E-state index contributed by atoms with van der Waals surface area (Å²) >= 11 is 0. The van der Waals surface area contributed by atoms with Crippen molar-refractivity contribution in [3.8, 4) is 0 Å². The second-order valence-corrected chi connectivity index (χ2v) is 4.61. The smallest absolute Gasteiger partial charge is 0.358 e. The third-order valence-electron chi connectivity index (χ3n) is 2.57. The summed E-state index contributed by atoms with van der Waals surface area (Å²) in [5.41, 5.74) is 0.225. The van der Waals surface area contributed by atoms with Crippen LogP contribution in [0.25, 0.3) is 0 Å². The molecule has 0 bridgehead atoms. The number of ether oxygens (including phenoxy) is 1. The summed E-state index contributed by atoms with van der Waals surface area (Å²) in [6, 6.07) is 3.34. The van der Waals surface area contributed by atoms with Gasteiger partial charge in [0.25, 0.3) is 0 Å². The van der Waals surface area contributed by atoms with E-state index in [4.69, 9.17) is 0 Å². The molecule has 0 saturated carbocycles. The molecule has 5 nitrogen and oxygen atoms in total. The minimum atomic E-state index is -0.467. The second kappa shape index (κ2) is 7.63. The minimum absolute atomic E-state index is 0.225. The lowest BCUT2D eigenvalue weighted by Crippen LogP contribution is -2.08. The van der Waals surface area contributed by atoms with Gasteiger partial charge in [-0.1, -0.05) is 26.7 Å². The molecule has 0 fully saturated rings. The number of carbonyl (C=O) groups excluding carboxylic acids is 1. The van der Waals surface area contributed by atoms with Crippen molar-refractivity contribution in [2.75, 3.05) is 19.0 Å². The van der Waals surface area contributed by atoms with Gasteiger partial charge in [0.05, 0.1) is 7.11 Å². The van der Waals surface area contributed by atoms with Crippen LogP contribution in [0.15, 0.2) is 12.1 Å². The van der Waals surface area contributed by atoms with Gasteiger partial charge in [0, 0.05) is 6.54 Å². The maximum absolute atomic E-state index is 11.1. The molecular formula is C13H21N3O2. The number of anilines is 1. The topological polar surface area (TPSA) is 64.1 Å². The molecule has 5 heteroatoms. The highest BCUT2D eigenvalue weighted by Gasteiger charge is 2.07. The van der Waals surface area contributed by atoms with Gasteiger partial charge in [-0.25, -0.2) is 4.79 Å². The molecule has 0 unspecified atom stereocenters. The van der Waals surface area contributed by atoms with Crippen molar-refractivity contribution in [2.24, 2.45) is 5.92 Å². The predicted molar refractivity (Wildman–Crippen MR) is 70.6 cm³/mol. The highest BCUT2D eigenvalue weighted by atomic mass is 16.5. The molecule has 0 atom stereocenters. The van der Waals surface area contributed by atoms with Crippen LogP contribution in [0.5, 0.6) is 0 Å². The number of esters is 1. The number of aromatic nitrogens is 2. The normalized spacial score (nSPS) is 10.4. The van der Waals surface area contributed by atoms with Crippen LogP contribution >= 0.6 is 0 Å². The zero-order chi connectivity index (χ0) is 13.4. The molecule has 1 aromatic heterocycles. The van der Waals surface area contributed by atoms with Crippen LogP contribution in [-0.2, 0) is 4.74 Å². The fourth-order valence-electron chi connectivity index (χ4n) is 1.53. The largest absolute Gasteiger partial charge is 0.464 e. The van der Waals surface area contributed by atoms with Gasteiger partial charge in [0.1, 0.15) is 5.82 Å². The first-order valence-corrected chi connectivity index (χ1v) is 6.29. The van der Waals surface area contributed by atoms with Gasteiger partial charge < -0.3 is 10.1 Å². The summed E-state index contributed by atoms with van der Waals surface area (Å²) in [4.78, 5) is 11.1. The summed E-state index contributed by atoms with van der Waals surface area (Å²) in [5, 5.41) is 10.9. The Labute approximate surface area is 108 Å². The van der Waals surface area contributed by atoms with Gasteiger partial charge >= 0.3 is 5.97 Å². The molecule has 0 aliphatic heterocycles. The molecule has 0 saturated heterocycles. The number of hydrogen-bond donors (Lipinski definition) is 1. The van der Waals surface area contributed by atoms with E-state index in [1.54, 1.807) is 12.1 Å². The SMILES string of the molecule is COC(=O)c1ccc(NCCCCC(C)C)nn1. The quantitative estimate of drug-likeness (QED) is 0.596. The highest BCUT2D eigenvalue weighted by Crippen LogP contribution is 2.07. The first kappa shape index (κ1) is 14.4. The summed E-state index contributed by atoms with van der Waals surface area (Å²) in [7, 11) is 1.32. The van der Waals surface area contributed by atoms with Gasteiger partial charge in [0.15, 0.2) is 5.69 Å². The van der Waals surface area contributed by atoms with Gasteiger partial charge in [-0.2, -0.15) is 0 Å². The molecule has 0 aliphatic rings. The summed E-state index contributed by atoms with van der Waals surface area (Å²) < 4.78 is 4.55. The number of unbranched alkanes of at least 4 members (excludes halogenated alkanes) is 1. The maximum Gasteiger partial charge on any atom is 0.358 e. The van der Waals surface area contributed by atoms with E-state index < -0.39 is 5.97 Å². The van der Waals surface area contributed by atoms with Crippen LogP contribution in [0.2, 0.25) is 0 Å². The maximum atomic E-state index is 11.1. The molecule has 0 spiro atoms. The van der Waals surface area contributed by atoms with Gasteiger partial charge in [-0.05, 0) is 24.5 Å². The minimum Gasteiger partial charge on any atom is -0.464 e. The first-order valence-electron chi connectivity index (χ1n) is 6.29. The Balaban J connectivity index is 2.29. The molecule has 1 heterocycles. The molecule has 0 radical (unpaired) electrons. The monoisotopic (exact) mass is 251 g/mol. The zero-order valence-corrected chi connectivity index (χ0v) is 11.3. The molecule has 0 amide bonds. The van der Waals surface area contributed by atoms with E-state index in [-0.39, 0.29) is 5.69 Å². The Morgan fingerprint density at radius 1 is 1.33 bits per heavy atom. The van der Waals surface area contributed by atoms with Crippen LogP contribution in [0.3, 0.4) is 0 Å². The standard InChI is InChI=1S/C13H21N3O2/c1-10(2)6-4-5-9-14-12-8-7-11(15-16-12)13(17)18-3/h7-8,10H,4-6,9H2,1-3H3,(H,14,16). The van der Waals surface area contributed by atoms with Crippen LogP contribution in [0.1, 0.15) is 43.6 Å². The lowest BCUT2D eigenvalue weighted by Gasteiger charge is -2.06. The predicted octanol–water partition coefficient (Wildman–Crippen LogP) is 2.50. The van der Waals surface area contributed by atoms with Gasteiger partial charge in [0.2, 0.25) is 0 Å². The van der Waals surface area contributed by atoms with E-state index in [0.717, 1.165) is 18.9 Å². The van der Waals surface area contributed by atoms with E-state index in [9.17, 15) is 4.79 Å². The van der Waals surface area contributed by atoms with Crippen molar-refractivity contribution in [3.05, 3.63) is 17.8 Å². The second-order valence-electron chi connectivity index (χ2n) is 4.61. The van der Waals surface area contributed by atoms with Crippen LogP contribution in [0, 0.1) is 5.92 Å². The molecular weight excluding hydrogens is 230 g/mol. The third kappa shape index (κ3) is 5.12. The summed E-state index contributed by atoms with van der Waals surface area (Å²) in [5.74, 6) is 0.974. The third-order valence-corrected chi connectivity index (χ3v) is 2.57. The van der Waals surface area contributed by atoms with Crippen LogP contribution in [0.4, 0.5) is 5.82 Å². The van der Waals surface area contributed by atoms with Crippen molar-refractivity contribution in [2.45, 2.75) is 33.1 Å². The average molecular weight is 251 g/mol. The Bertz CT molecular complexity index is 363. The average Bonchev–Trinajstić information content (AvgIpc) is 2.38.